The highest BCUT2D eigenvalue weighted by Gasteiger charge is 1.95. The number of aliphatic hydroxyl groups is 1. The molecule has 3 heteroatoms. The van der Waals surface area contributed by atoms with Gasteiger partial charge in [0, 0.05) is 13.0 Å². The van der Waals surface area contributed by atoms with E-state index in [1.165, 1.54) is 0 Å². The van der Waals surface area contributed by atoms with Crippen LogP contribution in [0.4, 0.5) is 0 Å². The molecular formula is C6H9NO2. The van der Waals surface area contributed by atoms with Crippen molar-refractivity contribution < 1.29 is 9.94 Å². The normalized spacial score (nSPS) is 15.9. The van der Waals surface area contributed by atoms with E-state index in [1.54, 1.807) is 12.3 Å². The first kappa shape index (κ1) is 6.16. The third-order valence-electron chi connectivity index (χ3n) is 1.02. The first-order valence-electron chi connectivity index (χ1n) is 2.81. The van der Waals surface area contributed by atoms with Gasteiger partial charge in [-0.05, 0) is 12.2 Å². The molecule has 50 valence electrons. The molecule has 0 bridgehead atoms. The van der Waals surface area contributed by atoms with Crippen molar-refractivity contribution in [3.63, 3.8) is 0 Å². The third-order valence-corrected chi connectivity index (χ3v) is 1.02. The Hall–Kier alpha value is -0.960. The average molecular weight is 127 g/mol. The van der Waals surface area contributed by atoms with Crippen LogP contribution >= 0.6 is 0 Å². The lowest BCUT2D eigenvalue weighted by molar-refractivity contribution is 0.150. The lowest BCUT2D eigenvalue weighted by Crippen LogP contribution is -2.13. The second-order valence-corrected chi connectivity index (χ2v) is 1.71. The second kappa shape index (κ2) is 3.14. The highest BCUT2D eigenvalue weighted by molar-refractivity contribution is 5.10. The van der Waals surface area contributed by atoms with Gasteiger partial charge >= 0.3 is 0 Å². The van der Waals surface area contributed by atoms with Gasteiger partial charge in [0.05, 0.1) is 5.70 Å². The van der Waals surface area contributed by atoms with Crippen molar-refractivity contribution in [1.29, 1.82) is 0 Å². The van der Waals surface area contributed by atoms with Gasteiger partial charge in [-0.15, -0.1) is 0 Å². The average Bonchev–Trinajstić information content (AvgIpc) is 1.91. The molecule has 1 aliphatic heterocycles. The van der Waals surface area contributed by atoms with Crippen LogP contribution in [0, 0.1) is 0 Å². The molecular weight excluding hydrogens is 118 g/mol. The number of hydrogen-bond acceptors (Lipinski definition) is 3. The van der Waals surface area contributed by atoms with E-state index in [9.17, 15) is 0 Å². The summed E-state index contributed by atoms with van der Waals surface area (Å²) in [5.74, 6) is 0. The van der Waals surface area contributed by atoms with Gasteiger partial charge in [0.2, 0.25) is 0 Å². The van der Waals surface area contributed by atoms with Crippen molar-refractivity contribution in [3.8, 4) is 0 Å². The van der Waals surface area contributed by atoms with Gasteiger partial charge in [0.1, 0.15) is 6.26 Å². The summed E-state index contributed by atoms with van der Waals surface area (Å²) in [5, 5.41) is 8.46. The van der Waals surface area contributed by atoms with Crippen molar-refractivity contribution in [1.82, 2.24) is 5.48 Å². The Labute approximate surface area is 53.6 Å². The summed E-state index contributed by atoms with van der Waals surface area (Å²) in [6.45, 7) is 0.149. The fourth-order valence-corrected chi connectivity index (χ4v) is 0.593. The molecule has 0 amide bonds. The minimum atomic E-state index is 0.149. The summed E-state index contributed by atoms with van der Waals surface area (Å²) in [4.78, 5) is 4.72. The zero-order chi connectivity index (χ0) is 6.53. The summed E-state index contributed by atoms with van der Waals surface area (Å²) < 4.78 is 0. The first-order chi connectivity index (χ1) is 4.43. The van der Waals surface area contributed by atoms with Crippen molar-refractivity contribution in [2.24, 2.45) is 0 Å². The molecule has 0 fully saturated rings. The standard InChI is InChI=1S/C6H9NO2/c8-4-3-6-2-1-5-9-7-6/h1-2,5,7-8H,3-4H2. The number of hydrogen-bond donors (Lipinski definition) is 2. The molecule has 0 aromatic carbocycles. The van der Waals surface area contributed by atoms with Gasteiger partial charge in [0.25, 0.3) is 0 Å². The molecule has 0 spiro atoms. The zero-order valence-corrected chi connectivity index (χ0v) is 5.00. The molecule has 0 aliphatic carbocycles. The fraction of sp³-hybridized carbons (Fsp3) is 0.333. The Bertz CT molecular complexity index is 140. The van der Waals surface area contributed by atoms with E-state index in [4.69, 9.17) is 9.94 Å². The smallest absolute Gasteiger partial charge is 0.119 e. The van der Waals surface area contributed by atoms with Crippen LogP contribution in [0.5, 0.6) is 0 Å². The van der Waals surface area contributed by atoms with Crippen LogP contribution < -0.4 is 5.48 Å². The van der Waals surface area contributed by atoms with Crippen molar-refractivity contribution in [3.05, 3.63) is 24.1 Å². The summed E-state index contributed by atoms with van der Waals surface area (Å²) in [6.07, 6.45) is 5.80. The molecule has 0 radical (unpaired) electrons. The molecule has 2 N–H and O–H groups in total. The van der Waals surface area contributed by atoms with E-state index < -0.39 is 0 Å². The fourth-order valence-electron chi connectivity index (χ4n) is 0.593. The maximum Gasteiger partial charge on any atom is 0.119 e. The molecule has 1 aliphatic rings. The van der Waals surface area contributed by atoms with Crippen molar-refractivity contribution in [2.45, 2.75) is 6.42 Å². The van der Waals surface area contributed by atoms with Crippen molar-refractivity contribution in [2.75, 3.05) is 6.61 Å². The minimum absolute atomic E-state index is 0.149. The molecule has 9 heavy (non-hydrogen) atoms. The monoisotopic (exact) mass is 127 g/mol. The Morgan fingerprint density at radius 3 is 3.11 bits per heavy atom. The molecule has 0 saturated carbocycles. The van der Waals surface area contributed by atoms with Crippen LogP contribution in [0.25, 0.3) is 0 Å². The molecule has 1 heterocycles. The summed E-state index contributed by atoms with van der Waals surface area (Å²) in [7, 11) is 0. The highest BCUT2D eigenvalue weighted by atomic mass is 16.6. The van der Waals surface area contributed by atoms with Crippen LogP contribution in [-0.2, 0) is 4.84 Å². The summed E-state index contributed by atoms with van der Waals surface area (Å²) >= 11 is 0. The van der Waals surface area contributed by atoms with Gasteiger partial charge < -0.3 is 9.94 Å². The lowest BCUT2D eigenvalue weighted by Gasteiger charge is -2.09. The summed E-state index contributed by atoms with van der Waals surface area (Å²) in [6, 6.07) is 0. The Kier molecular flexibility index (Phi) is 2.15. The van der Waals surface area contributed by atoms with Gasteiger partial charge in [0.15, 0.2) is 0 Å². The van der Waals surface area contributed by atoms with Crippen LogP contribution in [0.15, 0.2) is 24.1 Å². The maximum absolute atomic E-state index is 8.46. The molecule has 0 aromatic rings. The molecule has 3 nitrogen and oxygen atoms in total. The number of rotatable bonds is 2. The molecule has 1 rings (SSSR count). The highest BCUT2D eigenvalue weighted by Crippen LogP contribution is 2.00. The zero-order valence-electron chi connectivity index (χ0n) is 5.00. The van der Waals surface area contributed by atoms with E-state index in [-0.39, 0.29) is 6.61 Å². The lowest BCUT2D eigenvalue weighted by atomic mass is 10.3. The second-order valence-electron chi connectivity index (χ2n) is 1.71. The van der Waals surface area contributed by atoms with Crippen LogP contribution in [0.2, 0.25) is 0 Å². The Morgan fingerprint density at radius 2 is 2.56 bits per heavy atom. The predicted molar refractivity (Wildman–Crippen MR) is 33.1 cm³/mol. The van der Waals surface area contributed by atoms with Crippen LogP contribution in [-0.4, -0.2) is 11.7 Å². The van der Waals surface area contributed by atoms with Gasteiger partial charge in [-0.3, -0.25) is 0 Å². The number of allylic oxidation sites excluding steroid dienone is 2. The van der Waals surface area contributed by atoms with E-state index >= 15 is 0 Å². The number of nitrogens with one attached hydrogen (secondary N) is 1. The largest absolute Gasteiger partial charge is 0.396 e. The summed E-state index contributed by atoms with van der Waals surface area (Å²) in [5.41, 5.74) is 3.54. The Morgan fingerprint density at radius 1 is 1.67 bits per heavy atom. The number of aliphatic hydroxyl groups excluding tert-OH is 1. The number of hydroxylamine groups is 1. The first-order valence-corrected chi connectivity index (χ1v) is 2.81. The van der Waals surface area contributed by atoms with Crippen molar-refractivity contribution >= 4 is 0 Å². The van der Waals surface area contributed by atoms with Crippen LogP contribution in [0.1, 0.15) is 6.42 Å². The minimum Gasteiger partial charge on any atom is -0.396 e. The van der Waals surface area contributed by atoms with E-state index in [1.807, 2.05) is 6.08 Å². The SMILES string of the molecule is OCCC1=CC=CON1. The van der Waals surface area contributed by atoms with Gasteiger partial charge in [-0.1, -0.05) is 0 Å². The van der Waals surface area contributed by atoms with Gasteiger partial charge in [-0.25, -0.2) is 5.48 Å². The van der Waals surface area contributed by atoms with E-state index in [0.29, 0.717) is 6.42 Å². The third kappa shape index (κ3) is 1.77. The topological polar surface area (TPSA) is 41.5 Å². The molecule has 0 saturated heterocycles. The molecule has 0 aromatic heterocycles. The Balaban J connectivity index is 2.38. The predicted octanol–water partition coefficient (Wildman–Crippen LogP) is 0.301. The van der Waals surface area contributed by atoms with E-state index in [0.717, 1.165) is 5.70 Å². The van der Waals surface area contributed by atoms with Crippen LogP contribution in [0.3, 0.4) is 0 Å². The quantitative estimate of drug-likeness (QED) is 0.560. The van der Waals surface area contributed by atoms with Gasteiger partial charge in [-0.2, -0.15) is 0 Å². The molecule has 0 unspecified atom stereocenters. The maximum atomic E-state index is 8.46. The van der Waals surface area contributed by atoms with E-state index in [2.05, 4.69) is 5.48 Å². The molecule has 0 atom stereocenters.